The molecule has 0 saturated heterocycles. The Balaban J connectivity index is 1.22. The minimum absolute atomic E-state index is 0.560. The topological polar surface area (TPSA) is 0 Å². The minimum Gasteiger partial charge on any atom is -0.0654 e. The maximum Gasteiger partial charge on any atom is 0.0397 e. The second kappa shape index (κ2) is 17.5. The van der Waals surface area contributed by atoms with Gasteiger partial charge in [0.15, 0.2) is 0 Å². The molecule has 0 N–H and O–H groups in total. The molecule has 0 amide bonds. The Bertz CT molecular complexity index is 1590. The Morgan fingerprint density at radius 1 is 0.449 bits per heavy atom. The van der Waals surface area contributed by atoms with Crippen LogP contribution in [0.5, 0.6) is 0 Å². The van der Waals surface area contributed by atoms with Crippen LogP contribution in [-0.2, 0) is 12.8 Å². The van der Waals surface area contributed by atoms with Gasteiger partial charge in [-0.25, -0.2) is 0 Å². The number of fused-ring (bicyclic) bond motifs is 2. The van der Waals surface area contributed by atoms with Gasteiger partial charge >= 0.3 is 0 Å². The first-order valence-corrected chi connectivity index (χ1v) is 21.1. The Hall–Kier alpha value is -3.42. The molecule has 2 aliphatic carbocycles. The third-order valence-corrected chi connectivity index (χ3v) is 12.5. The van der Waals surface area contributed by atoms with Crippen molar-refractivity contribution in [2.24, 2.45) is 0 Å². The summed E-state index contributed by atoms with van der Waals surface area (Å²) in [6.45, 7) is 9.23. The van der Waals surface area contributed by atoms with Crippen molar-refractivity contribution in [3.8, 4) is 22.3 Å². The summed E-state index contributed by atoms with van der Waals surface area (Å²) in [6.07, 6.45) is 20.1. The van der Waals surface area contributed by atoms with Gasteiger partial charge in [0.25, 0.3) is 0 Å². The summed E-state index contributed by atoms with van der Waals surface area (Å²) >= 11 is 0. The van der Waals surface area contributed by atoms with Crippen LogP contribution < -0.4 is 0 Å². The van der Waals surface area contributed by atoms with Gasteiger partial charge in [0, 0.05) is 21.4 Å². The SMILES string of the molecule is CCCCC1=Cc2c(-c3ccc(CCCC)cc3)cccc2C1C[Si]CC1C(CCCC)=Cc2c(-c3ccc(CCCC)cc3)cccc21. The van der Waals surface area contributed by atoms with Gasteiger partial charge in [-0.3, -0.25) is 0 Å². The molecular formula is C48H58Si. The Labute approximate surface area is 301 Å². The first-order valence-electron chi connectivity index (χ1n) is 19.7. The van der Waals surface area contributed by atoms with Crippen molar-refractivity contribution in [1.82, 2.24) is 0 Å². The van der Waals surface area contributed by atoms with Crippen molar-refractivity contribution in [3.05, 3.63) is 129 Å². The molecule has 254 valence electrons. The van der Waals surface area contributed by atoms with E-state index in [9.17, 15) is 0 Å². The van der Waals surface area contributed by atoms with Gasteiger partial charge in [-0.2, -0.15) is 0 Å². The van der Waals surface area contributed by atoms with Crippen LogP contribution in [0.4, 0.5) is 0 Å². The molecule has 0 nitrogen and oxygen atoms in total. The number of benzene rings is 4. The fraction of sp³-hybridized carbons (Fsp3) is 0.417. The Morgan fingerprint density at radius 3 is 1.22 bits per heavy atom. The standard InChI is InChI=1S/C48H58Si/c1-5-9-15-35-23-27-37(28-24-35)41-19-13-21-43-45(41)31-39(17-11-7-3)47(43)33-49-34-48-40(18-12-8-4)32-46-42(20-14-22-44(46)48)38-29-25-36(26-30-38)16-10-6-2/h13-14,19-32,47-48H,5-12,15-18,33-34H2,1-4H3. The molecule has 0 fully saturated rings. The first kappa shape index (κ1) is 35.4. The molecule has 0 spiro atoms. The fourth-order valence-corrected chi connectivity index (χ4v) is 9.85. The summed E-state index contributed by atoms with van der Waals surface area (Å²) in [5, 5.41) is 0. The zero-order chi connectivity index (χ0) is 34.0. The van der Waals surface area contributed by atoms with Crippen LogP contribution in [-0.4, -0.2) is 9.52 Å². The van der Waals surface area contributed by atoms with Gasteiger partial charge in [-0.05, 0) is 107 Å². The predicted octanol–water partition coefficient (Wildman–Crippen LogP) is 14.3. The lowest BCUT2D eigenvalue weighted by Gasteiger charge is -2.21. The van der Waals surface area contributed by atoms with Crippen LogP contribution in [0.3, 0.4) is 0 Å². The number of rotatable bonds is 18. The van der Waals surface area contributed by atoms with E-state index in [4.69, 9.17) is 0 Å². The van der Waals surface area contributed by atoms with E-state index in [-0.39, 0.29) is 0 Å². The molecule has 4 aromatic rings. The number of unbranched alkanes of at least 4 members (excludes halogenated alkanes) is 4. The van der Waals surface area contributed by atoms with Gasteiger partial charge in [-0.1, -0.05) is 174 Å². The molecular weight excluding hydrogens is 605 g/mol. The van der Waals surface area contributed by atoms with Crippen molar-refractivity contribution in [1.29, 1.82) is 0 Å². The van der Waals surface area contributed by atoms with Crippen LogP contribution in [0.1, 0.15) is 137 Å². The average Bonchev–Trinajstić information content (AvgIpc) is 3.69. The molecule has 6 rings (SSSR count). The third-order valence-electron chi connectivity index (χ3n) is 11.1. The molecule has 2 atom stereocenters. The number of allylic oxidation sites excluding steroid dienone is 2. The lowest BCUT2D eigenvalue weighted by molar-refractivity contribution is 0.730. The van der Waals surface area contributed by atoms with Crippen LogP contribution in [0.2, 0.25) is 12.1 Å². The van der Waals surface area contributed by atoms with Crippen LogP contribution in [0.15, 0.2) is 96.1 Å². The lowest BCUT2D eigenvalue weighted by atomic mass is 9.91. The highest BCUT2D eigenvalue weighted by Gasteiger charge is 2.30. The second-order valence-electron chi connectivity index (χ2n) is 14.6. The van der Waals surface area contributed by atoms with E-state index >= 15 is 0 Å². The second-order valence-corrected chi connectivity index (χ2v) is 15.9. The van der Waals surface area contributed by atoms with Crippen molar-refractivity contribution < 1.29 is 0 Å². The van der Waals surface area contributed by atoms with Crippen LogP contribution in [0, 0.1) is 0 Å². The highest BCUT2D eigenvalue weighted by Crippen LogP contribution is 2.48. The van der Waals surface area contributed by atoms with Crippen molar-refractivity contribution in [3.63, 3.8) is 0 Å². The van der Waals surface area contributed by atoms with E-state index in [0.29, 0.717) is 11.8 Å². The minimum atomic E-state index is 0.560. The molecule has 0 saturated carbocycles. The van der Waals surface area contributed by atoms with E-state index < -0.39 is 0 Å². The van der Waals surface area contributed by atoms with E-state index in [1.54, 1.807) is 22.3 Å². The molecule has 2 unspecified atom stereocenters. The molecule has 2 aliphatic rings. The summed E-state index contributed by atoms with van der Waals surface area (Å²) in [6, 6.07) is 35.7. The monoisotopic (exact) mass is 662 g/mol. The number of hydrogen-bond donors (Lipinski definition) is 0. The molecule has 0 bridgehead atoms. The quantitative estimate of drug-likeness (QED) is 0.0930. The third kappa shape index (κ3) is 8.32. The average molecular weight is 663 g/mol. The summed E-state index contributed by atoms with van der Waals surface area (Å²) in [4.78, 5) is 0. The summed E-state index contributed by atoms with van der Waals surface area (Å²) in [7, 11) is 0.947. The molecule has 49 heavy (non-hydrogen) atoms. The van der Waals surface area contributed by atoms with Gasteiger partial charge < -0.3 is 0 Å². The van der Waals surface area contributed by atoms with E-state index in [1.807, 2.05) is 0 Å². The van der Waals surface area contributed by atoms with Gasteiger partial charge in [-0.15, -0.1) is 0 Å². The number of hydrogen-bond acceptors (Lipinski definition) is 0. The van der Waals surface area contributed by atoms with Crippen LogP contribution in [0.25, 0.3) is 34.4 Å². The van der Waals surface area contributed by atoms with Gasteiger partial charge in [0.1, 0.15) is 0 Å². The van der Waals surface area contributed by atoms with Gasteiger partial charge in [0.2, 0.25) is 0 Å². The van der Waals surface area contributed by atoms with Crippen LogP contribution >= 0.6 is 0 Å². The summed E-state index contributed by atoms with van der Waals surface area (Å²) in [5.74, 6) is 1.12. The lowest BCUT2D eigenvalue weighted by Crippen LogP contribution is -2.08. The summed E-state index contributed by atoms with van der Waals surface area (Å²) in [5.41, 5.74) is 18.0. The van der Waals surface area contributed by atoms with Crippen molar-refractivity contribution >= 4 is 21.7 Å². The highest BCUT2D eigenvalue weighted by atomic mass is 28.2. The molecule has 0 aliphatic heterocycles. The largest absolute Gasteiger partial charge is 0.0654 e. The Morgan fingerprint density at radius 2 is 0.837 bits per heavy atom. The Kier molecular flexibility index (Phi) is 12.6. The van der Waals surface area contributed by atoms with Gasteiger partial charge in [0.05, 0.1) is 0 Å². The highest BCUT2D eigenvalue weighted by molar-refractivity contribution is 6.36. The molecule has 0 heterocycles. The maximum absolute atomic E-state index is 2.59. The smallest absolute Gasteiger partial charge is 0.0397 e. The first-order chi connectivity index (χ1) is 24.1. The molecule has 2 radical (unpaired) electrons. The molecule has 0 aromatic heterocycles. The normalized spacial score (nSPS) is 16.4. The van der Waals surface area contributed by atoms with E-state index in [1.165, 1.54) is 134 Å². The zero-order valence-electron chi connectivity index (χ0n) is 30.8. The maximum atomic E-state index is 2.59. The molecule has 4 aromatic carbocycles. The van der Waals surface area contributed by atoms with E-state index in [2.05, 4.69) is 125 Å². The molecule has 1 heteroatoms. The van der Waals surface area contributed by atoms with Crippen molar-refractivity contribution in [2.75, 3.05) is 0 Å². The van der Waals surface area contributed by atoms with Crippen molar-refractivity contribution in [2.45, 2.75) is 129 Å². The summed E-state index contributed by atoms with van der Waals surface area (Å²) < 4.78 is 0. The predicted molar refractivity (Wildman–Crippen MR) is 217 cm³/mol. The fourth-order valence-electron chi connectivity index (χ4n) is 8.14. The zero-order valence-corrected chi connectivity index (χ0v) is 31.8. The van der Waals surface area contributed by atoms with E-state index in [0.717, 1.165) is 9.52 Å². The number of aryl methyl sites for hydroxylation is 2.